The van der Waals surface area contributed by atoms with Crippen molar-refractivity contribution >= 4 is 0 Å². The first-order valence-corrected chi connectivity index (χ1v) is 8.13. The minimum atomic E-state index is 0.340. The Bertz CT molecular complexity index is 1030. The Morgan fingerprint density at radius 2 is 1.69 bits per heavy atom. The van der Waals surface area contributed by atoms with Gasteiger partial charge in [-0.25, -0.2) is 4.68 Å². The van der Waals surface area contributed by atoms with Crippen molar-refractivity contribution in [2.24, 2.45) is 0 Å². The zero-order valence-corrected chi connectivity index (χ0v) is 14.7. The monoisotopic (exact) mass is 347 g/mol. The number of aromatic nitrogens is 5. The van der Waals surface area contributed by atoms with Crippen LogP contribution < -0.4 is 4.74 Å². The average Bonchev–Trinajstić information content (AvgIpc) is 3.29. The summed E-state index contributed by atoms with van der Waals surface area (Å²) in [4.78, 5) is 4.45. The number of benzene rings is 2. The van der Waals surface area contributed by atoms with Gasteiger partial charge in [-0.05, 0) is 50.2 Å². The lowest BCUT2D eigenvalue weighted by molar-refractivity contribution is 0.414. The Kier molecular flexibility index (Phi) is 3.96. The summed E-state index contributed by atoms with van der Waals surface area (Å²) in [6, 6.07) is 15.5. The molecular weight excluding hydrogens is 330 g/mol. The zero-order chi connectivity index (χ0) is 18.1. The standard InChI is InChI=1S/C19H17N5O2/c1-12-4-8-15(9-5-12)24-13(2)17(21-23-24)19-20-18(22-26-19)14-6-10-16(25-3)11-7-14/h4-11H,1-3H3. The number of rotatable bonds is 4. The lowest BCUT2D eigenvalue weighted by Gasteiger charge is -2.03. The normalized spacial score (nSPS) is 10.9. The fourth-order valence-electron chi connectivity index (χ4n) is 2.63. The largest absolute Gasteiger partial charge is 0.497 e. The Balaban J connectivity index is 1.66. The van der Waals surface area contributed by atoms with Gasteiger partial charge in [0.15, 0.2) is 5.69 Å². The fourth-order valence-corrected chi connectivity index (χ4v) is 2.63. The molecule has 130 valence electrons. The summed E-state index contributed by atoms with van der Waals surface area (Å²) in [5, 5.41) is 12.5. The van der Waals surface area contributed by atoms with Crippen LogP contribution in [0.5, 0.6) is 5.75 Å². The lowest BCUT2D eigenvalue weighted by atomic mass is 10.2. The molecule has 0 saturated carbocycles. The van der Waals surface area contributed by atoms with Crippen LogP contribution in [-0.4, -0.2) is 32.2 Å². The molecule has 4 aromatic rings. The third-order valence-corrected chi connectivity index (χ3v) is 4.15. The van der Waals surface area contributed by atoms with E-state index in [1.807, 2.05) is 62.4 Å². The van der Waals surface area contributed by atoms with E-state index in [0.29, 0.717) is 17.4 Å². The first-order chi connectivity index (χ1) is 12.7. The molecule has 0 aliphatic heterocycles. The lowest BCUT2D eigenvalue weighted by Crippen LogP contribution is -1.98. The van der Waals surface area contributed by atoms with Crippen LogP contribution in [0.25, 0.3) is 28.7 Å². The molecule has 0 spiro atoms. The summed E-state index contributed by atoms with van der Waals surface area (Å²) in [5.74, 6) is 1.60. The van der Waals surface area contributed by atoms with E-state index in [1.165, 1.54) is 5.56 Å². The second-order valence-electron chi connectivity index (χ2n) is 5.92. The van der Waals surface area contributed by atoms with Gasteiger partial charge in [-0.1, -0.05) is 28.1 Å². The average molecular weight is 347 g/mol. The highest BCUT2D eigenvalue weighted by Gasteiger charge is 2.19. The first kappa shape index (κ1) is 16.0. The maximum atomic E-state index is 5.40. The maximum absolute atomic E-state index is 5.40. The number of aryl methyl sites for hydroxylation is 1. The molecule has 0 N–H and O–H groups in total. The summed E-state index contributed by atoms with van der Waals surface area (Å²) in [5.41, 5.74) is 4.36. The summed E-state index contributed by atoms with van der Waals surface area (Å²) < 4.78 is 12.3. The van der Waals surface area contributed by atoms with Crippen molar-refractivity contribution in [2.45, 2.75) is 13.8 Å². The van der Waals surface area contributed by atoms with Gasteiger partial charge in [0, 0.05) is 5.56 Å². The first-order valence-electron chi connectivity index (χ1n) is 8.13. The highest BCUT2D eigenvalue weighted by molar-refractivity contribution is 5.59. The minimum absolute atomic E-state index is 0.340. The molecule has 7 heteroatoms. The van der Waals surface area contributed by atoms with Crippen LogP contribution in [0.1, 0.15) is 11.3 Å². The Hall–Kier alpha value is -3.48. The predicted molar refractivity (Wildman–Crippen MR) is 96.1 cm³/mol. The van der Waals surface area contributed by atoms with E-state index in [-0.39, 0.29) is 0 Å². The fraction of sp³-hybridized carbons (Fsp3) is 0.158. The highest BCUT2D eigenvalue weighted by Crippen LogP contribution is 2.25. The van der Waals surface area contributed by atoms with Gasteiger partial charge in [-0.15, -0.1) is 5.10 Å². The van der Waals surface area contributed by atoms with Gasteiger partial charge in [0.05, 0.1) is 18.5 Å². The van der Waals surface area contributed by atoms with Crippen LogP contribution in [0.4, 0.5) is 0 Å². The van der Waals surface area contributed by atoms with Gasteiger partial charge in [0.1, 0.15) is 5.75 Å². The zero-order valence-electron chi connectivity index (χ0n) is 14.7. The third-order valence-electron chi connectivity index (χ3n) is 4.15. The molecule has 2 aromatic heterocycles. The maximum Gasteiger partial charge on any atom is 0.280 e. The van der Waals surface area contributed by atoms with E-state index in [2.05, 4.69) is 20.5 Å². The van der Waals surface area contributed by atoms with Crippen molar-refractivity contribution < 1.29 is 9.26 Å². The van der Waals surface area contributed by atoms with Gasteiger partial charge in [0.25, 0.3) is 5.89 Å². The van der Waals surface area contributed by atoms with Crippen molar-refractivity contribution in [2.75, 3.05) is 7.11 Å². The molecule has 4 rings (SSSR count). The van der Waals surface area contributed by atoms with Crippen molar-refractivity contribution in [1.29, 1.82) is 0 Å². The van der Waals surface area contributed by atoms with E-state index in [1.54, 1.807) is 11.8 Å². The van der Waals surface area contributed by atoms with Crippen LogP contribution in [0.2, 0.25) is 0 Å². The minimum Gasteiger partial charge on any atom is -0.497 e. The molecule has 0 unspecified atom stereocenters. The number of hydrogen-bond acceptors (Lipinski definition) is 6. The number of ether oxygens (including phenoxy) is 1. The summed E-state index contributed by atoms with van der Waals surface area (Å²) in [6.45, 7) is 3.97. The van der Waals surface area contributed by atoms with E-state index < -0.39 is 0 Å². The molecule has 0 bridgehead atoms. The molecule has 0 atom stereocenters. The highest BCUT2D eigenvalue weighted by atomic mass is 16.5. The van der Waals surface area contributed by atoms with E-state index in [0.717, 1.165) is 22.7 Å². The molecule has 2 aromatic carbocycles. The summed E-state index contributed by atoms with van der Waals surface area (Å²) in [7, 11) is 1.63. The molecule has 0 aliphatic carbocycles. The topological polar surface area (TPSA) is 78.9 Å². The van der Waals surface area contributed by atoms with Crippen molar-refractivity contribution in [1.82, 2.24) is 25.1 Å². The van der Waals surface area contributed by atoms with Crippen LogP contribution in [-0.2, 0) is 0 Å². The summed E-state index contributed by atoms with van der Waals surface area (Å²) in [6.07, 6.45) is 0. The molecule has 26 heavy (non-hydrogen) atoms. The van der Waals surface area contributed by atoms with Crippen LogP contribution in [0.3, 0.4) is 0 Å². The van der Waals surface area contributed by atoms with E-state index >= 15 is 0 Å². The van der Waals surface area contributed by atoms with E-state index in [4.69, 9.17) is 9.26 Å². The quantitative estimate of drug-likeness (QED) is 0.561. The SMILES string of the molecule is COc1ccc(-c2noc(-c3nnn(-c4ccc(C)cc4)c3C)n2)cc1. The van der Waals surface area contributed by atoms with Crippen molar-refractivity contribution in [3.8, 4) is 34.4 Å². The molecule has 0 fully saturated rings. The number of methoxy groups -OCH3 is 1. The van der Waals surface area contributed by atoms with Crippen LogP contribution in [0, 0.1) is 13.8 Å². The van der Waals surface area contributed by atoms with Gasteiger partial charge < -0.3 is 9.26 Å². The summed E-state index contributed by atoms with van der Waals surface area (Å²) >= 11 is 0. The van der Waals surface area contributed by atoms with Gasteiger partial charge in [-0.2, -0.15) is 4.98 Å². The number of nitrogens with zero attached hydrogens (tertiary/aromatic N) is 5. The van der Waals surface area contributed by atoms with Gasteiger partial charge in [-0.3, -0.25) is 0 Å². The second-order valence-corrected chi connectivity index (χ2v) is 5.92. The molecule has 2 heterocycles. The molecular formula is C19H17N5O2. The van der Waals surface area contributed by atoms with Crippen molar-refractivity contribution in [3.05, 3.63) is 59.8 Å². The Morgan fingerprint density at radius 1 is 0.962 bits per heavy atom. The van der Waals surface area contributed by atoms with Gasteiger partial charge in [0.2, 0.25) is 5.82 Å². The molecule has 0 radical (unpaired) electrons. The van der Waals surface area contributed by atoms with E-state index in [9.17, 15) is 0 Å². The molecule has 0 aliphatic rings. The third kappa shape index (κ3) is 2.83. The molecule has 0 saturated heterocycles. The number of hydrogen-bond donors (Lipinski definition) is 0. The predicted octanol–water partition coefficient (Wildman–Crippen LogP) is 3.61. The van der Waals surface area contributed by atoms with Crippen molar-refractivity contribution in [3.63, 3.8) is 0 Å². The smallest absolute Gasteiger partial charge is 0.280 e. The molecule has 0 amide bonds. The van der Waals surface area contributed by atoms with Crippen LogP contribution >= 0.6 is 0 Å². The Labute approximate surface area is 150 Å². The van der Waals surface area contributed by atoms with Crippen LogP contribution in [0.15, 0.2) is 53.1 Å². The van der Waals surface area contributed by atoms with Gasteiger partial charge >= 0.3 is 0 Å². The molecule has 7 nitrogen and oxygen atoms in total. The second kappa shape index (κ2) is 6.44. The Morgan fingerprint density at radius 3 is 2.38 bits per heavy atom.